The summed E-state index contributed by atoms with van der Waals surface area (Å²) in [5, 5.41) is 9.05. The number of rotatable bonds is 4. The highest BCUT2D eigenvalue weighted by Crippen LogP contribution is 2.21. The summed E-state index contributed by atoms with van der Waals surface area (Å²) >= 11 is 0. The van der Waals surface area contributed by atoms with E-state index in [-0.39, 0.29) is 10.5 Å². The van der Waals surface area contributed by atoms with Gasteiger partial charge in [0, 0.05) is 24.1 Å². The van der Waals surface area contributed by atoms with Crippen molar-refractivity contribution in [3.8, 4) is 6.07 Å². The van der Waals surface area contributed by atoms with E-state index in [2.05, 4.69) is 9.71 Å². The largest absolute Gasteiger partial charge is 0.399 e. The molecule has 1 unspecified atom stereocenters. The van der Waals surface area contributed by atoms with Crippen LogP contribution in [0.25, 0.3) is 0 Å². The Hall–Kier alpha value is -2.43. The third-order valence-electron chi connectivity index (χ3n) is 2.95. The molecule has 0 amide bonds. The predicted molar refractivity (Wildman–Crippen MR) is 78.5 cm³/mol. The van der Waals surface area contributed by atoms with E-state index in [0.29, 0.717) is 5.69 Å². The van der Waals surface area contributed by atoms with Gasteiger partial charge in [-0.3, -0.25) is 4.98 Å². The summed E-state index contributed by atoms with van der Waals surface area (Å²) in [5.74, 6) is 0. The first kappa shape index (κ1) is 15.0. The van der Waals surface area contributed by atoms with Gasteiger partial charge in [0.2, 0.25) is 10.0 Å². The molecule has 0 saturated carbocycles. The second-order valence-electron chi connectivity index (χ2n) is 4.49. The monoisotopic (exact) mass is 302 g/mol. The molecule has 108 valence electrons. The lowest BCUT2D eigenvalue weighted by atomic mass is 10.1. The minimum absolute atomic E-state index is 0.0180. The van der Waals surface area contributed by atoms with Gasteiger partial charge in [-0.2, -0.15) is 5.26 Å². The number of anilines is 1. The molecule has 6 nitrogen and oxygen atoms in total. The highest BCUT2D eigenvalue weighted by molar-refractivity contribution is 7.89. The summed E-state index contributed by atoms with van der Waals surface area (Å²) in [6.45, 7) is 1.72. The Morgan fingerprint density at radius 2 is 1.95 bits per heavy atom. The molecule has 1 aromatic carbocycles. The van der Waals surface area contributed by atoms with E-state index in [0.717, 1.165) is 5.56 Å². The normalized spacial score (nSPS) is 12.6. The zero-order valence-corrected chi connectivity index (χ0v) is 12.1. The highest BCUT2D eigenvalue weighted by atomic mass is 32.2. The molecule has 7 heteroatoms. The van der Waals surface area contributed by atoms with Gasteiger partial charge in [0.1, 0.15) is 6.07 Å². The summed E-state index contributed by atoms with van der Waals surface area (Å²) in [6, 6.07) is 8.97. The van der Waals surface area contributed by atoms with Gasteiger partial charge < -0.3 is 5.73 Å². The van der Waals surface area contributed by atoms with Gasteiger partial charge >= 0.3 is 0 Å². The number of sulfonamides is 1. The van der Waals surface area contributed by atoms with Gasteiger partial charge in [-0.1, -0.05) is 0 Å². The first-order chi connectivity index (χ1) is 9.94. The number of benzene rings is 1. The van der Waals surface area contributed by atoms with Gasteiger partial charge in [0.05, 0.1) is 10.5 Å². The Labute approximate surface area is 123 Å². The standard InChI is InChI=1S/C14H14N4O2S/c1-10(11-4-6-17-7-5-11)18-21(19,20)14-3-2-13(16)8-12(14)9-15/h2-8,10,18H,16H2,1H3. The van der Waals surface area contributed by atoms with Crippen LogP contribution in [0.3, 0.4) is 0 Å². The maximum Gasteiger partial charge on any atom is 0.242 e. The minimum atomic E-state index is -3.82. The van der Waals surface area contributed by atoms with E-state index < -0.39 is 16.1 Å². The lowest BCUT2D eigenvalue weighted by molar-refractivity contribution is 0.566. The second kappa shape index (κ2) is 5.91. The number of hydrogen-bond acceptors (Lipinski definition) is 5. The van der Waals surface area contributed by atoms with Crippen molar-refractivity contribution < 1.29 is 8.42 Å². The number of pyridine rings is 1. The zero-order chi connectivity index (χ0) is 15.5. The Kier molecular flexibility index (Phi) is 4.21. The quantitative estimate of drug-likeness (QED) is 0.833. The molecule has 0 bridgehead atoms. The minimum Gasteiger partial charge on any atom is -0.399 e. The Balaban J connectivity index is 2.34. The van der Waals surface area contributed by atoms with E-state index in [1.807, 2.05) is 6.07 Å². The van der Waals surface area contributed by atoms with Crippen LogP contribution in [0, 0.1) is 11.3 Å². The number of nitrogens with one attached hydrogen (secondary N) is 1. The molecule has 0 saturated heterocycles. The maximum absolute atomic E-state index is 12.4. The molecule has 0 aliphatic rings. The van der Waals surface area contributed by atoms with Crippen molar-refractivity contribution in [2.75, 3.05) is 5.73 Å². The summed E-state index contributed by atoms with van der Waals surface area (Å²) in [7, 11) is -3.82. The van der Waals surface area contributed by atoms with Gasteiger partial charge in [-0.05, 0) is 42.8 Å². The average molecular weight is 302 g/mol. The number of nitrogens with zero attached hydrogens (tertiary/aromatic N) is 2. The maximum atomic E-state index is 12.4. The topological polar surface area (TPSA) is 109 Å². The lowest BCUT2D eigenvalue weighted by Gasteiger charge is -2.15. The molecule has 0 aliphatic heterocycles. The van der Waals surface area contributed by atoms with Crippen LogP contribution in [-0.4, -0.2) is 13.4 Å². The molecule has 1 heterocycles. The Bertz CT molecular complexity index is 782. The van der Waals surface area contributed by atoms with Crippen molar-refractivity contribution >= 4 is 15.7 Å². The number of nitrogen functional groups attached to an aromatic ring is 1. The van der Waals surface area contributed by atoms with Crippen LogP contribution in [-0.2, 0) is 10.0 Å². The molecule has 0 fully saturated rings. The van der Waals surface area contributed by atoms with E-state index in [1.165, 1.54) is 18.2 Å². The van der Waals surface area contributed by atoms with Crippen molar-refractivity contribution in [2.24, 2.45) is 0 Å². The molecular weight excluding hydrogens is 288 g/mol. The molecule has 2 aromatic rings. The molecule has 1 aromatic heterocycles. The smallest absolute Gasteiger partial charge is 0.242 e. The van der Waals surface area contributed by atoms with Crippen LogP contribution in [0.2, 0.25) is 0 Å². The van der Waals surface area contributed by atoms with E-state index >= 15 is 0 Å². The Morgan fingerprint density at radius 1 is 1.29 bits per heavy atom. The fourth-order valence-electron chi connectivity index (χ4n) is 1.89. The number of aromatic nitrogens is 1. The summed E-state index contributed by atoms with van der Waals surface area (Å²) < 4.78 is 27.3. The van der Waals surface area contributed by atoms with Gasteiger partial charge in [0.25, 0.3) is 0 Å². The second-order valence-corrected chi connectivity index (χ2v) is 6.17. The SMILES string of the molecule is CC(NS(=O)(=O)c1ccc(N)cc1C#N)c1ccncc1. The summed E-state index contributed by atoms with van der Waals surface area (Å²) in [5.41, 5.74) is 6.70. The van der Waals surface area contributed by atoms with Crippen LogP contribution < -0.4 is 10.5 Å². The fourth-order valence-corrected chi connectivity index (χ4v) is 3.26. The number of nitriles is 1. The zero-order valence-electron chi connectivity index (χ0n) is 11.3. The third-order valence-corrected chi connectivity index (χ3v) is 4.55. The molecule has 21 heavy (non-hydrogen) atoms. The molecule has 1 atom stereocenters. The Morgan fingerprint density at radius 3 is 2.57 bits per heavy atom. The van der Waals surface area contributed by atoms with Crippen LogP contribution in [0.1, 0.15) is 24.1 Å². The highest BCUT2D eigenvalue weighted by Gasteiger charge is 2.21. The average Bonchev–Trinajstić information content (AvgIpc) is 2.47. The van der Waals surface area contributed by atoms with Crippen molar-refractivity contribution in [3.05, 3.63) is 53.9 Å². The molecule has 3 N–H and O–H groups in total. The van der Waals surface area contributed by atoms with Crippen molar-refractivity contribution in [1.82, 2.24) is 9.71 Å². The van der Waals surface area contributed by atoms with Crippen molar-refractivity contribution in [1.29, 1.82) is 5.26 Å². The van der Waals surface area contributed by atoms with Crippen LogP contribution in [0.15, 0.2) is 47.6 Å². The third kappa shape index (κ3) is 3.37. The van der Waals surface area contributed by atoms with E-state index in [9.17, 15) is 8.42 Å². The molecule has 0 aliphatic carbocycles. The molecule has 0 spiro atoms. The lowest BCUT2D eigenvalue weighted by Crippen LogP contribution is -2.27. The first-order valence-electron chi connectivity index (χ1n) is 6.16. The van der Waals surface area contributed by atoms with E-state index in [1.54, 1.807) is 31.5 Å². The summed E-state index contributed by atoms with van der Waals surface area (Å²) in [4.78, 5) is 3.80. The van der Waals surface area contributed by atoms with Crippen LogP contribution >= 0.6 is 0 Å². The summed E-state index contributed by atoms with van der Waals surface area (Å²) in [6.07, 6.45) is 3.17. The van der Waals surface area contributed by atoms with Crippen LogP contribution in [0.5, 0.6) is 0 Å². The van der Waals surface area contributed by atoms with Crippen LogP contribution in [0.4, 0.5) is 5.69 Å². The van der Waals surface area contributed by atoms with E-state index in [4.69, 9.17) is 11.0 Å². The molecular formula is C14H14N4O2S. The molecule has 2 rings (SSSR count). The van der Waals surface area contributed by atoms with Gasteiger partial charge in [-0.25, -0.2) is 13.1 Å². The predicted octanol–water partition coefficient (Wildman–Crippen LogP) is 1.57. The number of hydrogen-bond donors (Lipinski definition) is 2. The molecule has 0 radical (unpaired) electrons. The number of nitrogens with two attached hydrogens (primary N) is 1. The van der Waals surface area contributed by atoms with Gasteiger partial charge in [0.15, 0.2) is 0 Å². The van der Waals surface area contributed by atoms with Crippen molar-refractivity contribution in [3.63, 3.8) is 0 Å². The van der Waals surface area contributed by atoms with Crippen molar-refractivity contribution in [2.45, 2.75) is 17.9 Å². The first-order valence-corrected chi connectivity index (χ1v) is 7.64. The van der Waals surface area contributed by atoms with Gasteiger partial charge in [-0.15, -0.1) is 0 Å². The fraction of sp³-hybridized carbons (Fsp3) is 0.143.